The molecule has 0 nitrogen and oxygen atoms in total. The van der Waals surface area contributed by atoms with Crippen LogP contribution in [0.4, 0.5) is 28.7 Å². The molecular weight excluding hydrogens is 1920 g/mol. The number of hydrogen-bond acceptors (Lipinski definition) is 0. The Hall–Kier alpha value is 17.6. The first-order valence-electron chi connectivity index (χ1n) is 1.89. The monoisotopic (exact) mass is 1930 g/mol. The zero-order chi connectivity index (χ0) is 20.2. The van der Waals surface area contributed by atoms with Crippen LogP contribution < -0.4 is 0 Å². The van der Waals surface area contributed by atoms with E-state index in [1.54, 1.807) is 0 Å². The van der Waals surface area contributed by atoms with E-state index in [9.17, 15) is 1.00 Å². The van der Waals surface area contributed by atoms with Gasteiger partial charge in [0.1, 0.15) is 0 Å². The fourth-order valence-corrected chi connectivity index (χ4v) is 0. The number of rotatable bonds is 0. The standard InChI is InChI=1S/6F2Xe.2F2.2FH.6Xe/c6*1-3-2;2*1-2;;;;;;;;/h;;;;;;;;2*1H;;;;;;. The fourth-order valence-electron chi connectivity index (χ4n) is 0. The summed E-state index contributed by atoms with van der Waals surface area (Å²) in [4.78, 5) is 0. The Morgan fingerprint density at radius 3 is 0.233 bits per heavy atom. The van der Waals surface area contributed by atoms with Gasteiger partial charge in [0, 0.05) is 312 Å². The van der Waals surface area contributed by atoms with Gasteiger partial charge in [-0.05, 0) is 0 Å². The van der Waals surface area contributed by atoms with Gasteiger partial charge in [-0.15, -0.1) is 0 Å². The van der Waals surface area contributed by atoms with E-state index in [1.807, 2.05) is 0 Å². The molecule has 0 aliphatic rings. The van der Waals surface area contributed by atoms with Crippen molar-refractivity contribution in [1.82, 2.24) is 0 Å². The van der Waals surface area contributed by atoms with Crippen LogP contribution in [0, 0.1) is 569 Å². The molecule has 30 heteroatoms. The molecule has 0 fully saturated rings. The van der Waals surface area contributed by atoms with Crippen molar-refractivity contribution in [2.24, 2.45) is 0 Å². The van der Waals surface area contributed by atoms with E-state index in [0.29, 0.717) is 0 Å². The van der Waals surface area contributed by atoms with Crippen molar-refractivity contribution in [2.45, 2.75) is 0 Å². The third kappa shape index (κ3) is 293. The zero-order valence-electron chi connectivity index (χ0n) is 11.1. The molecule has 0 amide bonds. The minimum atomic E-state index is -2.29. The average molecular weight is 1920 g/mol. The van der Waals surface area contributed by atoms with E-state index in [1.165, 1.54) is 0 Å². The summed E-state index contributed by atoms with van der Waals surface area (Å²) in [6.45, 7) is 0. The summed E-state index contributed by atoms with van der Waals surface area (Å²) in [5, 5.41) is 0. The van der Waals surface area contributed by atoms with E-state index in [4.69, 9.17) is 18.3 Å². The van der Waals surface area contributed by atoms with Crippen LogP contribution in [0.1, 0.15) is 0 Å². The largest absolute Gasteiger partial charge is 0 e. The van der Waals surface area contributed by atoms with Crippen molar-refractivity contribution >= 4 is 0 Å². The number of hydrogen-bond donors (Lipinski definition) is 0. The van der Waals surface area contributed by atoms with Gasteiger partial charge >= 0.3 is 277 Å². The minimum absolute atomic E-state index is 0. The molecule has 0 aliphatic heterocycles. The zero-order valence-corrected chi connectivity index (χ0v) is 35.3. The average Bonchev–Trinajstić information content (AvgIpc) is 2.48. The fraction of sp³-hybridized carbons (Fsp3) is 0. The summed E-state index contributed by atoms with van der Waals surface area (Å²) in [7, 11) is 0. The smallest absolute Gasteiger partial charge is 0 e. The molecule has 0 bridgehead atoms. The molecule has 0 aromatic rings. The molecule has 0 aromatic heterocycles. The maximum absolute atomic E-state index is 9.72. The molecule has 0 N–H and O–H groups in total. The molecule has 0 aliphatic carbocycles. The first-order chi connectivity index (χ1) is 10.5. The van der Waals surface area contributed by atoms with Crippen LogP contribution >= 0.6 is 0 Å². The first-order valence-corrected chi connectivity index (χ1v) is 11.0. The molecule has 0 radical (unpaired) electrons. The van der Waals surface area contributed by atoms with E-state index >= 15 is 0 Å². The quantitative estimate of drug-likeness (QED) is 0.229. The Morgan fingerprint density at radius 2 is 0.233 bits per heavy atom. The van der Waals surface area contributed by atoms with Gasteiger partial charge in [0.25, 0.3) is 0 Å². The van der Waals surface area contributed by atoms with Gasteiger partial charge in [-0.3, -0.25) is 9.41 Å². The molecule has 0 saturated carbocycles. The Bertz CT molecular complexity index is 44.6. The van der Waals surface area contributed by atoms with E-state index in [0.717, 1.165) is 0 Å². The third-order valence-electron chi connectivity index (χ3n) is 0. The predicted molar refractivity (Wildman–Crippen MR) is 22.7 cm³/mol. The van der Waals surface area contributed by atoms with Crippen molar-refractivity contribution in [3.63, 3.8) is 0 Å². The Balaban J connectivity index is -0.00000000516. The SMILES string of the molecule is F.F.FF.FF.F[Xe]F.F[Xe]F.F[Xe]F.F[Xe]F.F[Xe]F.F[Xe]F.[Xe].[Xe].[Xe].[Xe].[Xe].[Xe]. The number of halogens is 18. The second-order valence-corrected chi connectivity index (χ2v) is 2.03. The maximum atomic E-state index is 9.72. The van der Waals surface area contributed by atoms with Crippen LogP contribution in [0.15, 0.2) is 0 Å². The van der Waals surface area contributed by atoms with Gasteiger partial charge in [0.2, 0.25) is 0 Å². The predicted octanol–water partition coefficient (Wildman–Crippen LogP) is 7.03. The van der Waals surface area contributed by atoms with Gasteiger partial charge in [-0.25, -0.2) is 0 Å². The van der Waals surface area contributed by atoms with Crippen LogP contribution in [-0.4, -0.2) is 0 Å². The van der Waals surface area contributed by atoms with Gasteiger partial charge in [-0.2, -0.15) is 0 Å². The first kappa shape index (κ1) is 104. The van der Waals surface area contributed by atoms with Crippen LogP contribution in [-0.2, 0) is 0 Å². The van der Waals surface area contributed by atoms with Crippen molar-refractivity contribution in [1.29, 1.82) is 0 Å². The normalized spacial score (nSPS) is 4.80. The van der Waals surface area contributed by atoms with Crippen LogP contribution in [0.2, 0.25) is 0 Å². The molecule has 0 unspecified atom stereocenters. The molecule has 30 heavy (non-hydrogen) atoms. The second kappa shape index (κ2) is 174. The van der Waals surface area contributed by atoms with Crippen LogP contribution in [0.3, 0.4) is 0 Å². The summed E-state index contributed by atoms with van der Waals surface area (Å²) in [5.41, 5.74) is 0. The molecule has 0 rings (SSSR count). The third-order valence-corrected chi connectivity index (χ3v) is 0. The van der Waals surface area contributed by atoms with Gasteiger partial charge in [0.15, 0.2) is 0 Å². The molecule has 0 aromatic carbocycles. The Labute approximate surface area is 572 Å². The van der Waals surface area contributed by atoms with Crippen molar-refractivity contribution in [2.75, 3.05) is 0 Å². The summed E-state index contributed by atoms with van der Waals surface area (Å²) < 4.78 is 149. The van der Waals surface area contributed by atoms with E-state index < -0.39 is 276 Å². The van der Waals surface area contributed by atoms with Crippen molar-refractivity contribution in [3.8, 4) is 0 Å². The van der Waals surface area contributed by atoms with Gasteiger partial charge in [0.05, 0.1) is 0 Å². The van der Waals surface area contributed by atoms with Crippen molar-refractivity contribution < 1.29 is 598 Å². The summed E-state index contributed by atoms with van der Waals surface area (Å²) in [6, 6.07) is 0. The second-order valence-electron chi connectivity index (χ2n) is 0.303. The van der Waals surface area contributed by atoms with E-state index in [2.05, 4.69) is 0 Å². The summed E-state index contributed by atoms with van der Waals surface area (Å²) in [5.74, 6) is 0. The van der Waals surface area contributed by atoms with Gasteiger partial charge < -0.3 is 0 Å². The van der Waals surface area contributed by atoms with Gasteiger partial charge in [-0.1, -0.05) is 0 Å². The Morgan fingerprint density at radius 1 is 0.233 bits per heavy atom. The Kier molecular flexibility index (Phi) is 600. The molecule has 224 valence electrons. The van der Waals surface area contributed by atoms with Crippen LogP contribution in [0.25, 0.3) is 0 Å². The molecule has 0 spiro atoms. The topological polar surface area (TPSA) is 0 Å². The minimum Gasteiger partial charge on any atom is 0 e. The van der Waals surface area contributed by atoms with E-state index in [-0.39, 0.29) is 303 Å². The summed E-state index contributed by atoms with van der Waals surface area (Å²) in [6.07, 6.45) is 0. The molecule has 0 saturated heterocycles. The summed E-state index contributed by atoms with van der Waals surface area (Å²) >= 11 is -13.7. The molecule has 0 heterocycles. The molecular formula is H2F18Xe12. The maximum Gasteiger partial charge on any atom is 0 e. The van der Waals surface area contributed by atoms with Crippen LogP contribution in [0.5, 0.6) is 0 Å². The van der Waals surface area contributed by atoms with Crippen molar-refractivity contribution in [3.05, 3.63) is 0 Å². The molecule has 0 atom stereocenters.